The Labute approximate surface area is 121 Å². The molecule has 4 aliphatic carbocycles. The highest BCUT2D eigenvalue weighted by molar-refractivity contribution is 5.74. The van der Waals surface area contributed by atoms with Crippen molar-refractivity contribution in [1.82, 2.24) is 10.2 Å². The third-order valence-corrected chi connectivity index (χ3v) is 6.08. The maximum atomic E-state index is 12.3. The van der Waals surface area contributed by atoms with Crippen LogP contribution < -0.4 is 5.32 Å². The molecular weight excluding hydrogens is 252 g/mol. The van der Waals surface area contributed by atoms with E-state index in [1.807, 2.05) is 4.90 Å². The molecule has 0 unspecified atom stereocenters. The minimum atomic E-state index is 0.129. The second-order valence-electron chi connectivity index (χ2n) is 7.68. The van der Waals surface area contributed by atoms with Crippen LogP contribution in [0.4, 0.5) is 4.79 Å². The monoisotopic (exact) mass is 278 g/mol. The Morgan fingerprint density at radius 1 is 1.05 bits per heavy atom. The number of carbonyl (C=O) groups is 1. The third kappa shape index (κ3) is 2.32. The molecule has 0 spiro atoms. The highest BCUT2D eigenvalue weighted by Crippen LogP contribution is 2.59. The van der Waals surface area contributed by atoms with E-state index < -0.39 is 0 Å². The molecule has 0 radical (unpaired) electrons. The van der Waals surface area contributed by atoms with E-state index in [4.69, 9.17) is 4.74 Å². The quantitative estimate of drug-likeness (QED) is 0.841. The molecule has 1 aliphatic heterocycles. The fourth-order valence-corrected chi connectivity index (χ4v) is 5.65. The molecule has 5 fully saturated rings. The van der Waals surface area contributed by atoms with Crippen LogP contribution in [-0.2, 0) is 4.74 Å². The second-order valence-corrected chi connectivity index (χ2v) is 7.68. The first-order chi connectivity index (χ1) is 9.72. The molecule has 5 rings (SSSR count). The van der Waals surface area contributed by atoms with Crippen LogP contribution in [0.1, 0.15) is 38.5 Å². The van der Waals surface area contributed by atoms with Crippen molar-refractivity contribution < 1.29 is 9.53 Å². The van der Waals surface area contributed by atoms with Gasteiger partial charge in [0.1, 0.15) is 0 Å². The van der Waals surface area contributed by atoms with Crippen molar-refractivity contribution in [1.29, 1.82) is 0 Å². The van der Waals surface area contributed by atoms with Gasteiger partial charge in [0.25, 0.3) is 0 Å². The topological polar surface area (TPSA) is 41.6 Å². The van der Waals surface area contributed by atoms with E-state index in [9.17, 15) is 4.79 Å². The number of carbonyl (C=O) groups excluding carboxylic acids is 1. The minimum Gasteiger partial charge on any atom is -0.378 e. The lowest BCUT2D eigenvalue weighted by Crippen LogP contribution is -2.53. The maximum Gasteiger partial charge on any atom is 0.317 e. The van der Waals surface area contributed by atoms with E-state index >= 15 is 0 Å². The van der Waals surface area contributed by atoms with E-state index in [0.717, 1.165) is 37.4 Å². The van der Waals surface area contributed by atoms with Gasteiger partial charge in [-0.25, -0.2) is 4.79 Å². The number of nitrogens with zero attached hydrogens (tertiary/aromatic N) is 1. The van der Waals surface area contributed by atoms with Crippen molar-refractivity contribution in [3.05, 3.63) is 0 Å². The van der Waals surface area contributed by atoms with Crippen LogP contribution >= 0.6 is 0 Å². The lowest BCUT2D eigenvalue weighted by molar-refractivity contribution is -0.0506. The molecule has 112 valence electrons. The molecule has 4 heteroatoms. The van der Waals surface area contributed by atoms with Gasteiger partial charge in [-0.05, 0) is 61.7 Å². The van der Waals surface area contributed by atoms with Gasteiger partial charge in [0.15, 0.2) is 0 Å². The maximum absolute atomic E-state index is 12.3. The first-order valence-corrected chi connectivity index (χ1v) is 8.33. The summed E-state index contributed by atoms with van der Waals surface area (Å²) in [6, 6.07) is 0.129. The van der Waals surface area contributed by atoms with Gasteiger partial charge in [0.2, 0.25) is 0 Å². The minimum absolute atomic E-state index is 0.129. The summed E-state index contributed by atoms with van der Waals surface area (Å²) in [6.45, 7) is 3.77. The molecule has 0 aromatic carbocycles. The number of morpholine rings is 1. The molecule has 1 N–H and O–H groups in total. The molecule has 4 saturated carbocycles. The Morgan fingerprint density at radius 3 is 2.15 bits per heavy atom. The highest BCUT2D eigenvalue weighted by Gasteiger charge is 2.50. The zero-order valence-corrected chi connectivity index (χ0v) is 12.3. The molecule has 4 nitrogen and oxygen atoms in total. The van der Waals surface area contributed by atoms with E-state index in [0.29, 0.717) is 18.6 Å². The summed E-state index contributed by atoms with van der Waals surface area (Å²) in [7, 11) is 0. The summed E-state index contributed by atoms with van der Waals surface area (Å²) in [4.78, 5) is 14.2. The number of amides is 2. The Kier molecular flexibility index (Phi) is 3.17. The second kappa shape index (κ2) is 4.90. The summed E-state index contributed by atoms with van der Waals surface area (Å²) >= 11 is 0. The molecule has 0 aromatic rings. The first kappa shape index (κ1) is 12.9. The van der Waals surface area contributed by atoms with Gasteiger partial charge in [-0.1, -0.05) is 0 Å². The molecule has 0 atom stereocenters. The predicted octanol–water partition coefficient (Wildman–Crippen LogP) is 2.24. The molecule has 0 aromatic heterocycles. The average Bonchev–Trinajstić information content (AvgIpc) is 2.44. The van der Waals surface area contributed by atoms with Gasteiger partial charge in [0, 0.05) is 19.6 Å². The van der Waals surface area contributed by atoms with Crippen LogP contribution in [0, 0.1) is 23.2 Å². The molecule has 1 heterocycles. The summed E-state index contributed by atoms with van der Waals surface area (Å²) in [5, 5.41) is 3.24. The van der Waals surface area contributed by atoms with Gasteiger partial charge in [-0.15, -0.1) is 0 Å². The molecule has 20 heavy (non-hydrogen) atoms. The van der Waals surface area contributed by atoms with Gasteiger partial charge in [0.05, 0.1) is 13.2 Å². The van der Waals surface area contributed by atoms with Crippen molar-refractivity contribution in [2.75, 3.05) is 32.8 Å². The van der Waals surface area contributed by atoms with Crippen LogP contribution in [0.5, 0.6) is 0 Å². The predicted molar refractivity (Wildman–Crippen MR) is 76.4 cm³/mol. The fourth-order valence-electron chi connectivity index (χ4n) is 5.65. The lowest BCUT2D eigenvalue weighted by Gasteiger charge is -2.57. The molecule has 4 bridgehead atoms. The Bertz CT molecular complexity index is 355. The molecular formula is C16H26N2O2. The first-order valence-electron chi connectivity index (χ1n) is 8.33. The van der Waals surface area contributed by atoms with Crippen LogP contribution in [-0.4, -0.2) is 43.8 Å². The van der Waals surface area contributed by atoms with Crippen LogP contribution in [0.15, 0.2) is 0 Å². The van der Waals surface area contributed by atoms with Gasteiger partial charge >= 0.3 is 6.03 Å². The Morgan fingerprint density at radius 2 is 1.60 bits per heavy atom. The van der Waals surface area contributed by atoms with Crippen molar-refractivity contribution in [2.24, 2.45) is 23.2 Å². The van der Waals surface area contributed by atoms with E-state index in [-0.39, 0.29) is 6.03 Å². The van der Waals surface area contributed by atoms with Crippen molar-refractivity contribution in [2.45, 2.75) is 38.5 Å². The largest absolute Gasteiger partial charge is 0.378 e. The van der Waals surface area contributed by atoms with Crippen LogP contribution in [0.2, 0.25) is 0 Å². The van der Waals surface area contributed by atoms with Gasteiger partial charge < -0.3 is 15.0 Å². The number of ether oxygens (including phenoxy) is 1. The number of rotatable bonds is 2. The van der Waals surface area contributed by atoms with E-state index in [1.165, 1.54) is 38.5 Å². The molecule has 2 amide bonds. The zero-order valence-electron chi connectivity index (χ0n) is 12.3. The summed E-state index contributed by atoms with van der Waals surface area (Å²) < 4.78 is 5.31. The number of hydrogen-bond donors (Lipinski definition) is 1. The normalized spacial score (nSPS) is 42.8. The number of hydrogen-bond acceptors (Lipinski definition) is 2. The van der Waals surface area contributed by atoms with Crippen LogP contribution in [0.3, 0.4) is 0 Å². The molecule has 1 saturated heterocycles. The average molecular weight is 278 g/mol. The highest BCUT2D eigenvalue weighted by atomic mass is 16.5. The Balaban J connectivity index is 1.36. The van der Waals surface area contributed by atoms with Crippen molar-refractivity contribution in [3.63, 3.8) is 0 Å². The van der Waals surface area contributed by atoms with Crippen LogP contribution in [0.25, 0.3) is 0 Å². The van der Waals surface area contributed by atoms with Gasteiger partial charge in [-0.2, -0.15) is 0 Å². The molecule has 5 aliphatic rings. The lowest BCUT2D eigenvalue weighted by atomic mass is 9.49. The SMILES string of the molecule is O=C(NCC12CC3CC(CC(C3)C1)C2)N1CCOCC1. The summed E-state index contributed by atoms with van der Waals surface area (Å²) in [5.74, 6) is 2.88. The van der Waals surface area contributed by atoms with Gasteiger partial charge in [-0.3, -0.25) is 0 Å². The fraction of sp³-hybridized carbons (Fsp3) is 0.938. The standard InChI is InChI=1S/C16H26N2O2/c19-15(18-1-3-20-4-2-18)17-11-16-8-12-5-13(9-16)7-14(6-12)10-16/h12-14H,1-11H2,(H,17,19). The summed E-state index contributed by atoms with van der Waals surface area (Å²) in [6.07, 6.45) is 8.50. The van der Waals surface area contributed by atoms with E-state index in [2.05, 4.69) is 5.32 Å². The van der Waals surface area contributed by atoms with E-state index in [1.54, 1.807) is 0 Å². The number of nitrogens with one attached hydrogen (secondary N) is 1. The van der Waals surface area contributed by atoms with Crippen molar-refractivity contribution in [3.8, 4) is 0 Å². The van der Waals surface area contributed by atoms with Crippen molar-refractivity contribution >= 4 is 6.03 Å². The Hall–Kier alpha value is -0.770. The number of urea groups is 1. The summed E-state index contributed by atoms with van der Waals surface area (Å²) in [5.41, 5.74) is 0.441. The smallest absolute Gasteiger partial charge is 0.317 e. The third-order valence-electron chi connectivity index (χ3n) is 6.08. The zero-order chi connectivity index (χ0) is 13.6.